The monoisotopic (exact) mass is 336 g/mol. The van der Waals surface area contributed by atoms with Crippen LogP contribution in [0.25, 0.3) is 6.08 Å². The number of thiophene rings is 1. The van der Waals surface area contributed by atoms with Gasteiger partial charge in [-0.2, -0.15) is 0 Å². The van der Waals surface area contributed by atoms with Crippen LogP contribution in [0.4, 0.5) is 0 Å². The van der Waals surface area contributed by atoms with Gasteiger partial charge in [0.05, 0.1) is 4.88 Å². The molecule has 1 heterocycles. The van der Waals surface area contributed by atoms with Gasteiger partial charge in [0, 0.05) is 10.4 Å². The van der Waals surface area contributed by atoms with Crippen LogP contribution in [0.2, 0.25) is 0 Å². The molecule has 0 nitrogen and oxygen atoms in total. The highest BCUT2D eigenvalue weighted by Crippen LogP contribution is 2.25. The van der Waals surface area contributed by atoms with Crippen LogP contribution in [-0.4, -0.2) is 0 Å². The molecule has 1 heteroatoms. The Hall–Kier alpha value is -1.78. The Labute approximate surface area is 151 Å². The van der Waals surface area contributed by atoms with Crippen LogP contribution in [0.3, 0.4) is 0 Å². The third-order valence-corrected chi connectivity index (χ3v) is 5.18. The molecule has 0 aliphatic carbocycles. The zero-order valence-corrected chi connectivity index (χ0v) is 16.2. The normalized spacial score (nSPS) is 11.2. The van der Waals surface area contributed by atoms with Crippen molar-refractivity contribution < 1.29 is 0 Å². The van der Waals surface area contributed by atoms with Crippen LogP contribution >= 0.6 is 11.3 Å². The van der Waals surface area contributed by atoms with Gasteiger partial charge in [-0.25, -0.2) is 0 Å². The number of hydrogen-bond acceptors (Lipinski definition) is 1. The second-order valence-electron chi connectivity index (χ2n) is 6.45. The van der Waals surface area contributed by atoms with E-state index in [2.05, 4.69) is 75.9 Å². The summed E-state index contributed by atoms with van der Waals surface area (Å²) in [7, 11) is 0. The van der Waals surface area contributed by atoms with Gasteiger partial charge in [-0.05, 0) is 68.5 Å². The first-order valence-electron chi connectivity index (χ1n) is 9.01. The predicted molar refractivity (Wildman–Crippen MR) is 109 cm³/mol. The van der Waals surface area contributed by atoms with Gasteiger partial charge in [0.2, 0.25) is 0 Å². The summed E-state index contributed by atoms with van der Waals surface area (Å²) >= 11 is 1.80. The first kappa shape index (κ1) is 18.6. The molecular formula is C23H28S. The minimum atomic E-state index is 1.09. The van der Waals surface area contributed by atoms with Gasteiger partial charge in [-0.15, -0.1) is 11.3 Å². The van der Waals surface area contributed by atoms with Crippen LogP contribution in [0.15, 0.2) is 35.9 Å². The van der Waals surface area contributed by atoms with Crippen molar-refractivity contribution in [3.8, 4) is 11.8 Å². The lowest BCUT2D eigenvalue weighted by Gasteiger charge is -1.98. The van der Waals surface area contributed by atoms with Gasteiger partial charge < -0.3 is 0 Å². The molecule has 0 bridgehead atoms. The van der Waals surface area contributed by atoms with E-state index in [0.717, 1.165) is 16.9 Å². The van der Waals surface area contributed by atoms with Crippen molar-refractivity contribution in [2.45, 2.75) is 59.8 Å². The fourth-order valence-electron chi connectivity index (χ4n) is 2.63. The summed E-state index contributed by atoms with van der Waals surface area (Å²) in [5.41, 5.74) is 5.29. The summed E-state index contributed by atoms with van der Waals surface area (Å²) in [6, 6.07) is 10.9. The molecule has 0 aliphatic rings. The molecule has 2 aromatic rings. The lowest BCUT2D eigenvalue weighted by Crippen LogP contribution is -1.82. The second-order valence-corrected chi connectivity index (χ2v) is 7.53. The van der Waals surface area contributed by atoms with Gasteiger partial charge >= 0.3 is 0 Å². The Kier molecular flexibility index (Phi) is 7.35. The van der Waals surface area contributed by atoms with E-state index in [9.17, 15) is 0 Å². The average Bonchev–Trinajstić information content (AvgIpc) is 2.92. The molecule has 0 radical (unpaired) electrons. The van der Waals surface area contributed by atoms with Crippen LogP contribution in [0, 0.1) is 18.8 Å². The van der Waals surface area contributed by atoms with E-state index in [1.807, 2.05) is 0 Å². The van der Waals surface area contributed by atoms with E-state index in [0.29, 0.717) is 0 Å². The van der Waals surface area contributed by atoms with E-state index < -0.39 is 0 Å². The quantitative estimate of drug-likeness (QED) is 0.498. The third-order valence-electron chi connectivity index (χ3n) is 4.08. The molecule has 0 aliphatic heterocycles. The maximum absolute atomic E-state index is 3.33. The van der Waals surface area contributed by atoms with Gasteiger partial charge in [0.15, 0.2) is 0 Å². The summed E-state index contributed by atoms with van der Waals surface area (Å²) < 4.78 is 0. The summed E-state index contributed by atoms with van der Waals surface area (Å²) in [5, 5.41) is 0. The number of aryl methyl sites for hydroxylation is 2. The fourth-order valence-corrected chi connectivity index (χ4v) is 3.68. The maximum Gasteiger partial charge on any atom is 0.0781 e. The number of hydrogen-bond donors (Lipinski definition) is 0. The zero-order chi connectivity index (χ0) is 17.4. The molecule has 1 aromatic heterocycles. The minimum absolute atomic E-state index is 1.09. The molecule has 0 saturated carbocycles. The molecule has 0 unspecified atom stereocenters. The van der Waals surface area contributed by atoms with Crippen molar-refractivity contribution in [1.82, 2.24) is 0 Å². The summed E-state index contributed by atoms with van der Waals surface area (Å²) in [6.07, 6.45) is 8.38. The van der Waals surface area contributed by atoms with Crippen molar-refractivity contribution in [3.05, 3.63) is 62.3 Å². The third kappa shape index (κ3) is 5.69. The molecule has 0 saturated heterocycles. The fraction of sp³-hybridized carbons (Fsp3) is 0.391. The smallest absolute Gasteiger partial charge is 0.0781 e. The molecule has 0 N–H and O–H groups in total. The first-order chi connectivity index (χ1) is 11.6. The van der Waals surface area contributed by atoms with E-state index in [-0.39, 0.29) is 0 Å². The molecule has 0 fully saturated rings. The van der Waals surface area contributed by atoms with Crippen LogP contribution < -0.4 is 0 Å². The molecule has 1 aromatic carbocycles. The Morgan fingerprint density at radius 3 is 2.50 bits per heavy atom. The van der Waals surface area contributed by atoms with Crippen LogP contribution in [-0.2, 0) is 6.42 Å². The second kappa shape index (κ2) is 9.50. The minimum Gasteiger partial charge on any atom is -0.127 e. The summed E-state index contributed by atoms with van der Waals surface area (Å²) in [5.74, 6) is 6.63. The first-order valence-corrected chi connectivity index (χ1v) is 9.82. The average molecular weight is 337 g/mol. The molecule has 24 heavy (non-hydrogen) atoms. The van der Waals surface area contributed by atoms with E-state index in [1.54, 1.807) is 11.3 Å². The molecule has 0 spiro atoms. The highest BCUT2D eigenvalue weighted by atomic mass is 32.1. The maximum atomic E-state index is 3.33. The van der Waals surface area contributed by atoms with Gasteiger partial charge in [-0.1, -0.05) is 56.2 Å². The van der Waals surface area contributed by atoms with E-state index >= 15 is 0 Å². The number of allylic oxidation sites excluding steroid dienone is 1. The van der Waals surface area contributed by atoms with Crippen molar-refractivity contribution >= 4 is 17.4 Å². The number of unbranched alkanes of at least 4 members (excludes halogenated alkanes) is 1. The highest BCUT2D eigenvalue weighted by Gasteiger charge is 2.02. The topological polar surface area (TPSA) is 0 Å². The lowest BCUT2D eigenvalue weighted by molar-refractivity contribution is 0.790. The summed E-state index contributed by atoms with van der Waals surface area (Å²) in [6.45, 7) is 8.87. The molecule has 126 valence electrons. The highest BCUT2D eigenvalue weighted by molar-refractivity contribution is 7.13. The predicted octanol–water partition coefficient (Wildman–Crippen LogP) is 7.00. The van der Waals surface area contributed by atoms with Gasteiger partial charge in [0.1, 0.15) is 0 Å². The molecule has 0 amide bonds. The van der Waals surface area contributed by atoms with Gasteiger partial charge in [0.25, 0.3) is 0 Å². The SMILES string of the molecule is CCCC/C(C)=C/c1sc(C#Cc2ccc(CCC)cc2)cc1C. The van der Waals surface area contributed by atoms with Crippen molar-refractivity contribution in [2.24, 2.45) is 0 Å². The Morgan fingerprint density at radius 2 is 1.83 bits per heavy atom. The standard InChI is InChI=1S/C23H28S/c1-5-7-9-18(3)16-23-19(4)17-22(24-23)15-14-21-12-10-20(8-6-2)11-13-21/h10-13,16-17H,5-9H2,1-4H3/b18-16+. The Balaban J connectivity index is 2.10. The Bertz CT molecular complexity index is 733. The van der Waals surface area contributed by atoms with Gasteiger partial charge in [-0.3, -0.25) is 0 Å². The Morgan fingerprint density at radius 1 is 1.08 bits per heavy atom. The molecule has 0 atom stereocenters. The molecular weight excluding hydrogens is 308 g/mol. The van der Waals surface area contributed by atoms with E-state index in [1.165, 1.54) is 47.3 Å². The van der Waals surface area contributed by atoms with Crippen molar-refractivity contribution in [1.29, 1.82) is 0 Å². The largest absolute Gasteiger partial charge is 0.127 e. The van der Waals surface area contributed by atoms with Crippen molar-refractivity contribution in [2.75, 3.05) is 0 Å². The summed E-state index contributed by atoms with van der Waals surface area (Å²) in [4.78, 5) is 2.51. The van der Waals surface area contributed by atoms with Crippen molar-refractivity contribution in [3.63, 3.8) is 0 Å². The van der Waals surface area contributed by atoms with Crippen LogP contribution in [0.5, 0.6) is 0 Å². The molecule has 2 rings (SSSR count). The van der Waals surface area contributed by atoms with E-state index in [4.69, 9.17) is 0 Å². The number of rotatable bonds is 6. The lowest BCUT2D eigenvalue weighted by atomic mass is 10.1. The zero-order valence-electron chi connectivity index (χ0n) is 15.4. The van der Waals surface area contributed by atoms with Crippen LogP contribution in [0.1, 0.15) is 72.9 Å². The number of benzene rings is 1.